The molecule has 8 atom stereocenters. The minimum absolute atomic E-state index is 0.113. The molecular weight excluding hydrogens is 746 g/mol. The number of aliphatic carboxylic acids is 1. The number of aliphatic hydroxyl groups is 2. The van der Waals surface area contributed by atoms with Crippen molar-refractivity contribution in [2.75, 3.05) is 26.4 Å². The summed E-state index contributed by atoms with van der Waals surface area (Å²) in [7, 11) is 0. The van der Waals surface area contributed by atoms with Crippen molar-refractivity contribution < 1.29 is 58.4 Å². The molecule has 0 spiro atoms. The van der Waals surface area contributed by atoms with E-state index in [4.69, 9.17) is 15.2 Å². The van der Waals surface area contributed by atoms with Crippen LogP contribution < -0.4 is 37.6 Å². The van der Waals surface area contributed by atoms with Crippen LogP contribution in [0.15, 0.2) is 0 Å². The van der Waals surface area contributed by atoms with Crippen LogP contribution in [0.3, 0.4) is 0 Å². The maximum Gasteiger partial charge on any atom is 0.326 e. The molecule has 1 fully saturated rings. The molecule has 1 heterocycles. The van der Waals surface area contributed by atoms with E-state index in [9.17, 15) is 48.9 Å². The van der Waals surface area contributed by atoms with Crippen LogP contribution in [0, 0.1) is 23.7 Å². The van der Waals surface area contributed by atoms with Crippen molar-refractivity contribution in [2.45, 2.75) is 149 Å². The number of carbonyl (C=O) groups is 7. The SMILES string of the molecule is CC(C)CC1NC(=O)C(CC(C)C)NC(=O)C(C)(C)NC(=O)C(NC(=O)[C@@H](NC(=O)[C@@H](N)C(C)C)C(C)C)CCOCC(O)C(O)COCCC(C(=O)O)NC1=O. The number of aliphatic hydroxyl groups excluding tert-OH is 2. The van der Waals surface area contributed by atoms with Crippen molar-refractivity contribution in [3.05, 3.63) is 0 Å². The standard InChI is InChI=1S/C38H69N7O12/c1-19(2)15-25-31(48)41-24(36(53)54)12-14-57-18-28(47)27(46)17-56-13-11-23(40-35(52)30(22(7)8)44-34(51)29(39)21(5)6)33(50)45-38(9,10)37(55)43-26(16-20(3)4)32(49)42-25/h19-30,46-47H,11-18,39H2,1-10H3,(H,40,52)(H,41,48)(H,42,49)(H,43,55)(H,44,51)(H,45,50)(H,53,54)/t23?,24?,25?,26?,27?,28?,29-,30-/m0/s1. The Morgan fingerprint density at radius 3 is 1.72 bits per heavy atom. The van der Waals surface area contributed by atoms with E-state index in [2.05, 4.69) is 31.9 Å². The number of nitrogens with one attached hydrogen (secondary N) is 6. The number of ether oxygens (including phenoxy) is 2. The fourth-order valence-corrected chi connectivity index (χ4v) is 5.65. The number of hydrogen-bond donors (Lipinski definition) is 10. The molecule has 1 rings (SSSR count). The van der Waals surface area contributed by atoms with Gasteiger partial charge in [0.15, 0.2) is 0 Å². The second-order valence-electron chi connectivity index (χ2n) is 16.8. The molecule has 6 unspecified atom stereocenters. The van der Waals surface area contributed by atoms with Gasteiger partial charge in [0.2, 0.25) is 35.4 Å². The first-order chi connectivity index (χ1) is 26.4. The van der Waals surface area contributed by atoms with Crippen LogP contribution in [-0.4, -0.2) is 137 Å². The Kier molecular flexibility index (Phi) is 21.6. The molecule has 6 amide bonds. The molecular formula is C38H69N7O12. The number of hydrogen-bond acceptors (Lipinski definition) is 12. The van der Waals surface area contributed by atoms with Gasteiger partial charge < -0.3 is 62.4 Å². The van der Waals surface area contributed by atoms with Gasteiger partial charge in [-0.2, -0.15) is 0 Å². The minimum Gasteiger partial charge on any atom is -0.480 e. The molecule has 0 saturated carbocycles. The molecule has 328 valence electrons. The smallest absolute Gasteiger partial charge is 0.326 e. The number of rotatable bonds is 11. The summed E-state index contributed by atoms with van der Waals surface area (Å²) in [6, 6.07) is -7.08. The van der Waals surface area contributed by atoms with Gasteiger partial charge >= 0.3 is 5.97 Å². The van der Waals surface area contributed by atoms with Crippen molar-refractivity contribution in [3.8, 4) is 0 Å². The van der Waals surface area contributed by atoms with Crippen molar-refractivity contribution in [2.24, 2.45) is 29.4 Å². The zero-order valence-electron chi connectivity index (χ0n) is 35.2. The third-order valence-corrected chi connectivity index (χ3v) is 9.31. The molecule has 11 N–H and O–H groups in total. The van der Waals surface area contributed by atoms with Gasteiger partial charge in [-0.15, -0.1) is 0 Å². The molecule has 19 nitrogen and oxygen atoms in total. The normalized spacial score (nSPS) is 26.5. The first-order valence-electron chi connectivity index (χ1n) is 19.7. The van der Waals surface area contributed by atoms with Crippen molar-refractivity contribution >= 4 is 41.4 Å². The average Bonchev–Trinajstić information content (AvgIpc) is 3.10. The Hall–Kier alpha value is -3.91. The Bertz CT molecular complexity index is 1360. The Labute approximate surface area is 336 Å². The van der Waals surface area contributed by atoms with Gasteiger partial charge in [-0.25, -0.2) is 4.79 Å². The number of nitrogens with two attached hydrogens (primary N) is 1. The summed E-state index contributed by atoms with van der Waals surface area (Å²) in [5, 5.41) is 46.4. The Morgan fingerprint density at radius 2 is 1.25 bits per heavy atom. The van der Waals surface area contributed by atoms with Crippen LogP contribution in [0.2, 0.25) is 0 Å². The summed E-state index contributed by atoms with van der Waals surface area (Å²) in [6.07, 6.45) is -3.02. The van der Waals surface area contributed by atoms with Gasteiger partial charge in [0.25, 0.3) is 0 Å². The highest BCUT2D eigenvalue weighted by Crippen LogP contribution is 2.13. The molecule has 0 aromatic rings. The van der Waals surface area contributed by atoms with E-state index >= 15 is 0 Å². The van der Waals surface area contributed by atoms with Gasteiger partial charge in [-0.1, -0.05) is 55.4 Å². The molecule has 0 aromatic heterocycles. The third kappa shape index (κ3) is 18.1. The number of carboxylic acid groups (broad SMARTS) is 1. The summed E-state index contributed by atoms with van der Waals surface area (Å²) in [5.41, 5.74) is 4.32. The molecule has 0 bridgehead atoms. The van der Waals surface area contributed by atoms with E-state index in [1.165, 1.54) is 13.8 Å². The molecule has 1 aliphatic heterocycles. The minimum atomic E-state index is -1.68. The van der Waals surface area contributed by atoms with Gasteiger partial charge in [-0.05, 0) is 56.8 Å². The van der Waals surface area contributed by atoms with Gasteiger partial charge in [0.1, 0.15) is 48.0 Å². The van der Waals surface area contributed by atoms with Gasteiger partial charge in [0.05, 0.1) is 19.3 Å². The Balaban J connectivity index is 3.54. The highest BCUT2D eigenvalue weighted by atomic mass is 16.5. The molecule has 1 aliphatic rings. The highest BCUT2D eigenvalue weighted by molar-refractivity contribution is 5.98. The molecule has 0 aliphatic carbocycles. The highest BCUT2D eigenvalue weighted by Gasteiger charge is 2.38. The van der Waals surface area contributed by atoms with Crippen LogP contribution in [0.1, 0.15) is 94.9 Å². The lowest BCUT2D eigenvalue weighted by molar-refractivity contribution is -0.143. The molecule has 19 heteroatoms. The van der Waals surface area contributed by atoms with Crippen LogP contribution in [0.5, 0.6) is 0 Å². The fraction of sp³-hybridized carbons (Fsp3) is 0.816. The van der Waals surface area contributed by atoms with Crippen molar-refractivity contribution in [1.29, 1.82) is 0 Å². The number of carboxylic acids is 1. The second-order valence-corrected chi connectivity index (χ2v) is 16.8. The molecule has 1 saturated heterocycles. The maximum absolute atomic E-state index is 13.9. The number of carbonyl (C=O) groups excluding carboxylic acids is 6. The van der Waals surface area contributed by atoms with E-state index in [1.807, 2.05) is 27.7 Å². The molecule has 0 radical (unpaired) electrons. The lowest BCUT2D eigenvalue weighted by Crippen LogP contribution is -2.63. The summed E-state index contributed by atoms with van der Waals surface area (Å²) in [4.78, 5) is 93.2. The van der Waals surface area contributed by atoms with E-state index in [0.29, 0.717) is 0 Å². The van der Waals surface area contributed by atoms with Gasteiger partial charge in [0, 0.05) is 19.6 Å². The van der Waals surface area contributed by atoms with E-state index < -0.39 is 115 Å². The molecule has 57 heavy (non-hydrogen) atoms. The van der Waals surface area contributed by atoms with Crippen LogP contribution in [0.4, 0.5) is 0 Å². The van der Waals surface area contributed by atoms with E-state index in [1.54, 1.807) is 27.7 Å². The van der Waals surface area contributed by atoms with Crippen LogP contribution in [-0.2, 0) is 43.0 Å². The fourth-order valence-electron chi connectivity index (χ4n) is 5.65. The third-order valence-electron chi connectivity index (χ3n) is 9.31. The first kappa shape index (κ1) is 51.1. The average molecular weight is 816 g/mol. The van der Waals surface area contributed by atoms with Crippen LogP contribution in [0.25, 0.3) is 0 Å². The predicted octanol–water partition coefficient (Wildman–Crippen LogP) is -1.33. The lowest BCUT2D eigenvalue weighted by Gasteiger charge is -2.32. The lowest BCUT2D eigenvalue weighted by atomic mass is 9.97. The molecule has 0 aromatic carbocycles. The van der Waals surface area contributed by atoms with Crippen molar-refractivity contribution in [1.82, 2.24) is 31.9 Å². The number of amides is 6. The van der Waals surface area contributed by atoms with E-state index in [0.717, 1.165) is 0 Å². The monoisotopic (exact) mass is 816 g/mol. The predicted molar refractivity (Wildman–Crippen MR) is 209 cm³/mol. The summed E-state index contributed by atoms with van der Waals surface area (Å²) in [5.74, 6) is -6.54. The largest absolute Gasteiger partial charge is 0.480 e. The maximum atomic E-state index is 13.9. The quantitative estimate of drug-likeness (QED) is 0.116. The zero-order valence-corrected chi connectivity index (χ0v) is 35.2. The van der Waals surface area contributed by atoms with E-state index in [-0.39, 0.29) is 56.7 Å². The zero-order chi connectivity index (χ0) is 43.8. The van der Waals surface area contributed by atoms with Crippen molar-refractivity contribution in [3.63, 3.8) is 0 Å². The first-order valence-corrected chi connectivity index (χ1v) is 19.7. The summed E-state index contributed by atoms with van der Waals surface area (Å²) < 4.78 is 10.9. The van der Waals surface area contributed by atoms with Crippen LogP contribution >= 0.6 is 0 Å². The summed E-state index contributed by atoms with van der Waals surface area (Å²) >= 11 is 0. The summed E-state index contributed by atoms with van der Waals surface area (Å²) in [6.45, 7) is 15.7. The van der Waals surface area contributed by atoms with Gasteiger partial charge in [-0.3, -0.25) is 28.8 Å². The topological polar surface area (TPSA) is 297 Å². The Morgan fingerprint density at radius 1 is 0.754 bits per heavy atom. The second kappa shape index (κ2) is 24.1.